The van der Waals surface area contributed by atoms with E-state index in [1.165, 1.54) is 0 Å². The second-order valence-electron chi connectivity index (χ2n) is 1.84. The molecule has 1 aromatic carbocycles. The van der Waals surface area contributed by atoms with Crippen molar-refractivity contribution in [3.05, 3.63) is 35.3 Å². The maximum atomic E-state index is 8.16. The van der Waals surface area contributed by atoms with Gasteiger partial charge in [-0.2, -0.15) is 0 Å². The van der Waals surface area contributed by atoms with Gasteiger partial charge in [0.15, 0.2) is 4.98 Å². The number of hydrogen-bond donors (Lipinski definition) is 1. The molecule has 0 atom stereocenters. The van der Waals surface area contributed by atoms with E-state index >= 15 is 0 Å². The van der Waals surface area contributed by atoms with E-state index in [1.807, 2.05) is 25.1 Å². The standard InChI is InChI=1S/C6H5N2.C2H7N/c7-8-6-4-2-1-3-5-6;1-2-3/h1-5H;2-3H2,1H3/q+1;. The first-order valence-corrected chi connectivity index (χ1v) is 3.45. The average molecular weight is 150 g/mol. The quantitative estimate of drug-likeness (QED) is 0.576. The molecule has 1 aromatic rings. The van der Waals surface area contributed by atoms with E-state index in [1.54, 1.807) is 12.1 Å². The van der Waals surface area contributed by atoms with Crippen LogP contribution in [0, 0.1) is 5.39 Å². The highest BCUT2D eigenvalue weighted by Crippen LogP contribution is 2.07. The molecule has 0 aliphatic heterocycles. The van der Waals surface area contributed by atoms with Gasteiger partial charge in [-0.25, -0.2) is 0 Å². The minimum Gasteiger partial charge on any atom is -0.331 e. The van der Waals surface area contributed by atoms with E-state index < -0.39 is 0 Å². The zero-order valence-electron chi connectivity index (χ0n) is 6.57. The minimum absolute atomic E-state index is 0.590. The number of benzene rings is 1. The topological polar surface area (TPSA) is 54.2 Å². The van der Waals surface area contributed by atoms with Gasteiger partial charge in [-0.1, -0.05) is 25.1 Å². The number of rotatable bonds is 0. The molecule has 0 aromatic heterocycles. The molecule has 0 unspecified atom stereocenters. The molecule has 3 nitrogen and oxygen atoms in total. The van der Waals surface area contributed by atoms with Crippen molar-refractivity contribution in [1.29, 1.82) is 5.39 Å². The fourth-order valence-corrected chi connectivity index (χ4v) is 0.495. The van der Waals surface area contributed by atoms with E-state index in [0.717, 1.165) is 6.54 Å². The van der Waals surface area contributed by atoms with Crippen LogP contribution in [0.5, 0.6) is 0 Å². The van der Waals surface area contributed by atoms with Crippen LogP contribution in [-0.4, -0.2) is 6.54 Å². The van der Waals surface area contributed by atoms with Gasteiger partial charge in [0.25, 0.3) is 0 Å². The van der Waals surface area contributed by atoms with Crippen LogP contribution in [-0.2, 0) is 0 Å². The number of nitrogens with two attached hydrogens (primary N) is 1. The summed E-state index contributed by atoms with van der Waals surface area (Å²) in [7, 11) is 0. The molecule has 0 saturated carbocycles. The Morgan fingerprint density at radius 2 is 1.82 bits per heavy atom. The Morgan fingerprint density at radius 1 is 1.36 bits per heavy atom. The molecule has 1 rings (SSSR count). The molecule has 0 saturated heterocycles. The fraction of sp³-hybridized carbons (Fsp3) is 0.250. The van der Waals surface area contributed by atoms with E-state index in [0.29, 0.717) is 5.69 Å². The molecule has 0 aliphatic carbocycles. The van der Waals surface area contributed by atoms with Crippen LogP contribution in [0.25, 0.3) is 4.98 Å². The zero-order valence-corrected chi connectivity index (χ0v) is 6.57. The predicted molar refractivity (Wildman–Crippen MR) is 45.9 cm³/mol. The lowest BCUT2D eigenvalue weighted by atomic mass is 10.3. The molecule has 0 heterocycles. The summed E-state index contributed by atoms with van der Waals surface area (Å²) in [6, 6.07) is 8.94. The first kappa shape index (κ1) is 9.60. The summed E-state index contributed by atoms with van der Waals surface area (Å²) in [6.45, 7) is 2.65. The summed E-state index contributed by atoms with van der Waals surface area (Å²) in [5.41, 5.74) is 5.44. The molecule has 11 heavy (non-hydrogen) atoms. The van der Waals surface area contributed by atoms with E-state index in [2.05, 4.69) is 4.98 Å². The molecule has 0 fully saturated rings. The lowest BCUT2D eigenvalue weighted by molar-refractivity contribution is 1.14. The first-order valence-electron chi connectivity index (χ1n) is 3.45. The zero-order chi connectivity index (χ0) is 8.53. The van der Waals surface area contributed by atoms with Gasteiger partial charge in [-0.15, -0.1) is 0 Å². The molecule has 0 amide bonds. The third kappa shape index (κ3) is 5.07. The van der Waals surface area contributed by atoms with Gasteiger partial charge in [0.05, 0.1) is 0 Å². The van der Waals surface area contributed by atoms with Gasteiger partial charge in [0.1, 0.15) is 0 Å². The molecular formula is C8H12N3+. The molecule has 3 heteroatoms. The maximum absolute atomic E-state index is 8.16. The number of hydrogen-bond acceptors (Lipinski definition) is 2. The van der Waals surface area contributed by atoms with Crippen molar-refractivity contribution in [2.45, 2.75) is 6.92 Å². The van der Waals surface area contributed by atoms with Crippen LogP contribution in [0.1, 0.15) is 6.92 Å². The highest BCUT2D eigenvalue weighted by molar-refractivity contribution is 5.42. The Bertz CT molecular complexity index is 213. The summed E-state index contributed by atoms with van der Waals surface area (Å²) in [6.07, 6.45) is 0. The largest absolute Gasteiger partial charge is 0.385 e. The molecule has 0 radical (unpaired) electrons. The van der Waals surface area contributed by atoms with Gasteiger partial charge in [0, 0.05) is 12.1 Å². The Hall–Kier alpha value is -1.40. The second-order valence-corrected chi connectivity index (χ2v) is 1.84. The molecule has 2 N–H and O–H groups in total. The van der Waals surface area contributed by atoms with E-state index in [9.17, 15) is 0 Å². The molecule has 0 bridgehead atoms. The van der Waals surface area contributed by atoms with Crippen molar-refractivity contribution in [3.63, 3.8) is 0 Å². The van der Waals surface area contributed by atoms with E-state index in [4.69, 9.17) is 11.1 Å². The van der Waals surface area contributed by atoms with Crippen molar-refractivity contribution in [2.75, 3.05) is 6.54 Å². The molecule has 58 valence electrons. The first-order chi connectivity index (χ1) is 5.35. The Labute approximate surface area is 66.5 Å². The molecule has 0 aliphatic rings. The summed E-state index contributed by atoms with van der Waals surface area (Å²) in [5.74, 6) is 0. The van der Waals surface area contributed by atoms with Gasteiger partial charge >= 0.3 is 5.69 Å². The van der Waals surface area contributed by atoms with Crippen LogP contribution in [0.4, 0.5) is 5.69 Å². The highest BCUT2D eigenvalue weighted by atomic mass is 14.8. The average Bonchev–Trinajstić information content (AvgIpc) is 2.08. The van der Waals surface area contributed by atoms with Gasteiger partial charge in [-0.05, 0) is 6.54 Å². The van der Waals surface area contributed by atoms with Crippen LogP contribution in [0.3, 0.4) is 0 Å². The summed E-state index contributed by atoms with van der Waals surface area (Å²) < 4.78 is 0. The maximum Gasteiger partial charge on any atom is 0.385 e. The number of nitrogens with zero attached hydrogens (tertiary/aromatic N) is 2. The third-order valence-corrected chi connectivity index (χ3v) is 0.872. The van der Waals surface area contributed by atoms with Crippen molar-refractivity contribution in [3.8, 4) is 0 Å². The van der Waals surface area contributed by atoms with Crippen LogP contribution in [0.2, 0.25) is 0 Å². The van der Waals surface area contributed by atoms with Gasteiger partial charge in [-0.3, -0.25) is 0 Å². The minimum atomic E-state index is 0.590. The number of diazo groups is 1. The van der Waals surface area contributed by atoms with Crippen molar-refractivity contribution in [2.24, 2.45) is 5.73 Å². The van der Waals surface area contributed by atoms with Crippen LogP contribution in [0.15, 0.2) is 30.3 Å². The van der Waals surface area contributed by atoms with Gasteiger partial charge in [0.2, 0.25) is 5.39 Å². The van der Waals surface area contributed by atoms with Crippen LogP contribution < -0.4 is 5.73 Å². The SMILES string of the molecule is CCN.N#[N+]c1ccccc1. The lowest BCUT2D eigenvalue weighted by Crippen LogP contribution is -1.87. The van der Waals surface area contributed by atoms with Crippen molar-refractivity contribution >= 4 is 5.69 Å². The Morgan fingerprint density at radius 3 is 2.09 bits per heavy atom. The normalized spacial score (nSPS) is 7.36. The Balaban J connectivity index is 0.000000292. The third-order valence-electron chi connectivity index (χ3n) is 0.872. The predicted octanol–water partition coefficient (Wildman–Crippen LogP) is 2.14. The lowest BCUT2D eigenvalue weighted by Gasteiger charge is -1.69. The van der Waals surface area contributed by atoms with Crippen molar-refractivity contribution in [1.82, 2.24) is 0 Å². The van der Waals surface area contributed by atoms with Crippen LogP contribution >= 0.6 is 0 Å². The summed E-state index contributed by atoms with van der Waals surface area (Å²) >= 11 is 0. The monoisotopic (exact) mass is 150 g/mol. The summed E-state index contributed by atoms with van der Waals surface area (Å²) in [5, 5.41) is 8.16. The summed E-state index contributed by atoms with van der Waals surface area (Å²) in [4.78, 5) is 2.97. The van der Waals surface area contributed by atoms with Gasteiger partial charge < -0.3 is 5.73 Å². The fourth-order valence-electron chi connectivity index (χ4n) is 0.495. The second kappa shape index (κ2) is 6.72. The molecule has 0 spiro atoms. The highest BCUT2D eigenvalue weighted by Gasteiger charge is 1.95. The van der Waals surface area contributed by atoms with E-state index in [-0.39, 0.29) is 0 Å². The Kier molecular flexibility index (Phi) is 5.86. The molecular weight excluding hydrogens is 138 g/mol. The van der Waals surface area contributed by atoms with Crippen molar-refractivity contribution < 1.29 is 0 Å². The smallest absolute Gasteiger partial charge is 0.331 e.